The second-order valence-electron chi connectivity index (χ2n) is 7.98. The lowest BCUT2D eigenvalue weighted by Gasteiger charge is -2.22. The zero-order valence-corrected chi connectivity index (χ0v) is 17.9. The molecular formula is C22H25N3O5S. The van der Waals surface area contributed by atoms with Crippen molar-refractivity contribution in [2.45, 2.75) is 32.0 Å². The molecule has 2 aliphatic heterocycles. The third kappa shape index (κ3) is 5.41. The Labute approximate surface area is 181 Å². The van der Waals surface area contributed by atoms with Gasteiger partial charge in [0, 0.05) is 31.7 Å². The summed E-state index contributed by atoms with van der Waals surface area (Å²) >= 11 is 0. The maximum Gasteiger partial charge on any atom is 0.225 e. The van der Waals surface area contributed by atoms with E-state index in [1.165, 1.54) is 0 Å². The van der Waals surface area contributed by atoms with E-state index in [1.54, 1.807) is 11.1 Å². The molecule has 0 bridgehead atoms. The largest absolute Gasteiger partial charge is 0.487 e. The van der Waals surface area contributed by atoms with Crippen LogP contribution in [0.3, 0.4) is 0 Å². The molecule has 0 radical (unpaired) electrons. The fourth-order valence-electron chi connectivity index (χ4n) is 4.00. The molecule has 2 amide bonds. The third-order valence-corrected chi connectivity index (χ3v) is 7.41. The van der Waals surface area contributed by atoms with Crippen LogP contribution in [0.5, 0.6) is 5.75 Å². The molecule has 3 heterocycles. The monoisotopic (exact) mass is 443 g/mol. The standard InChI is InChI=1S/C22H25N3O5S/c26-21-11-17(13-25(21)19-7-9-31(28,29)15-19)22(27)24-12-16-4-3-6-20(10-16)30-14-18-5-1-2-8-23-18/h1-6,8,10,17,19H,7,9,11-15H2,(H,24,27)/t17-,19+/m1/s1. The molecule has 31 heavy (non-hydrogen) atoms. The van der Waals surface area contributed by atoms with Crippen LogP contribution in [0.2, 0.25) is 0 Å². The van der Waals surface area contributed by atoms with Crippen molar-refractivity contribution < 1.29 is 22.7 Å². The van der Waals surface area contributed by atoms with Crippen molar-refractivity contribution in [1.82, 2.24) is 15.2 Å². The molecule has 0 spiro atoms. The van der Waals surface area contributed by atoms with E-state index < -0.39 is 15.8 Å². The Bertz CT molecular complexity index is 1060. The van der Waals surface area contributed by atoms with Gasteiger partial charge in [-0.3, -0.25) is 14.6 Å². The predicted molar refractivity (Wildman–Crippen MR) is 114 cm³/mol. The summed E-state index contributed by atoms with van der Waals surface area (Å²) in [5.74, 6) is -0.0137. The Morgan fingerprint density at radius 3 is 2.84 bits per heavy atom. The summed E-state index contributed by atoms with van der Waals surface area (Å²) in [4.78, 5) is 30.7. The van der Waals surface area contributed by atoms with Crippen molar-refractivity contribution in [3.63, 3.8) is 0 Å². The highest BCUT2D eigenvalue weighted by Crippen LogP contribution is 2.26. The average Bonchev–Trinajstić information content (AvgIpc) is 3.33. The number of benzene rings is 1. The lowest BCUT2D eigenvalue weighted by molar-refractivity contribution is -0.130. The third-order valence-electron chi connectivity index (χ3n) is 5.66. The summed E-state index contributed by atoms with van der Waals surface area (Å²) in [7, 11) is -3.08. The first-order valence-corrected chi connectivity index (χ1v) is 12.1. The zero-order valence-electron chi connectivity index (χ0n) is 17.1. The fourth-order valence-corrected chi connectivity index (χ4v) is 5.73. The van der Waals surface area contributed by atoms with Gasteiger partial charge in [0.05, 0.1) is 23.1 Å². The SMILES string of the molecule is O=C(NCc1cccc(OCc2ccccn2)c1)[C@@H]1CC(=O)N([C@H]2CCS(=O)(=O)C2)C1. The number of ether oxygens (including phenoxy) is 1. The molecule has 4 rings (SSSR count). The van der Waals surface area contributed by atoms with Crippen LogP contribution in [-0.2, 0) is 32.6 Å². The van der Waals surface area contributed by atoms with Gasteiger partial charge in [-0.15, -0.1) is 0 Å². The highest BCUT2D eigenvalue weighted by Gasteiger charge is 2.41. The molecule has 1 N–H and O–H groups in total. The van der Waals surface area contributed by atoms with Crippen LogP contribution < -0.4 is 10.1 Å². The number of sulfone groups is 1. The van der Waals surface area contributed by atoms with Crippen LogP contribution in [0.4, 0.5) is 0 Å². The molecule has 2 aromatic rings. The summed E-state index contributed by atoms with van der Waals surface area (Å²) < 4.78 is 29.2. The van der Waals surface area contributed by atoms with Gasteiger partial charge in [0.25, 0.3) is 0 Å². The fraction of sp³-hybridized carbons (Fsp3) is 0.409. The molecule has 2 atom stereocenters. The molecule has 8 nitrogen and oxygen atoms in total. The van der Waals surface area contributed by atoms with Gasteiger partial charge < -0.3 is 15.0 Å². The first kappa shape index (κ1) is 21.3. The molecule has 2 aliphatic rings. The van der Waals surface area contributed by atoms with Gasteiger partial charge in [-0.25, -0.2) is 8.42 Å². The second-order valence-corrected chi connectivity index (χ2v) is 10.2. The Morgan fingerprint density at radius 2 is 2.10 bits per heavy atom. The van der Waals surface area contributed by atoms with Gasteiger partial charge in [-0.05, 0) is 36.2 Å². The molecule has 1 aromatic carbocycles. The van der Waals surface area contributed by atoms with E-state index in [0.717, 1.165) is 11.3 Å². The van der Waals surface area contributed by atoms with E-state index >= 15 is 0 Å². The molecular weight excluding hydrogens is 418 g/mol. The Hall–Kier alpha value is -2.94. The van der Waals surface area contributed by atoms with Gasteiger partial charge in [0.1, 0.15) is 12.4 Å². The topological polar surface area (TPSA) is 106 Å². The molecule has 2 fully saturated rings. The molecule has 2 saturated heterocycles. The van der Waals surface area contributed by atoms with E-state index in [0.29, 0.717) is 25.3 Å². The smallest absolute Gasteiger partial charge is 0.225 e. The van der Waals surface area contributed by atoms with Crippen LogP contribution in [0.1, 0.15) is 24.1 Å². The van der Waals surface area contributed by atoms with Crippen molar-refractivity contribution in [2.24, 2.45) is 5.92 Å². The van der Waals surface area contributed by atoms with Crippen molar-refractivity contribution in [3.05, 3.63) is 59.9 Å². The van der Waals surface area contributed by atoms with Gasteiger partial charge in [0.15, 0.2) is 9.84 Å². The van der Waals surface area contributed by atoms with Gasteiger partial charge in [-0.1, -0.05) is 18.2 Å². The van der Waals surface area contributed by atoms with E-state index in [1.807, 2.05) is 42.5 Å². The van der Waals surface area contributed by atoms with Crippen LogP contribution >= 0.6 is 0 Å². The lowest BCUT2D eigenvalue weighted by atomic mass is 10.1. The maximum atomic E-state index is 12.6. The maximum absolute atomic E-state index is 12.6. The van der Waals surface area contributed by atoms with Crippen molar-refractivity contribution in [2.75, 3.05) is 18.1 Å². The van der Waals surface area contributed by atoms with E-state index in [4.69, 9.17) is 4.74 Å². The van der Waals surface area contributed by atoms with Crippen molar-refractivity contribution >= 4 is 21.7 Å². The molecule has 0 saturated carbocycles. The normalized spacial score (nSPS) is 22.5. The number of nitrogens with one attached hydrogen (secondary N) is 1. The van der Waals surface area contributed by atoms with Crippen LogP contribution in [0.15, 0.2) is 48.7 Å². The minimum Gasteiger partial charge on any atom is -0.487 e. The highest BCUT2D eigenvalue weighted by atomic mass is 32.2. The van der Waals surface area contributed by atoms with Crippen molar-refractivity contribution in [1.29, 1.82) is 0 Å². The number of carbonyl (C=O) groups is 2. The van der Waals surface area contributed by atoms with E-state index in [2.05, 4.69) is 10.3 Å². The number of amides is 2. The molecule has 0 aliphatic carbocycles. The summed E-state index contributed by atoms with van der Waals surface area (Å²) in [5.41, 5.74) is 1.71. The first-order chi connectivity index (χ1) is 14.9. The lowest BCUT2D eigenvalue weighted by Crippen LogP contribution is -2.39. The minimum absolute atomic E-state index is 0.00161. The Morgan fingerprint density at radius 1 is 1.23 bits per heavy atom. The Balaban J connectivity index is 1.28. The molecule has 1 aromatic heterocycles. The van der Waals surface area contributed by atoms with E-state index in [-0.39, 0.29) is 42.3 Å². The van der Waals surface area contributed by atoms with Crippen molar-refractivity contribution in [3.8, 4) is 5.75 Å². The van der Waals surface area contributed by atoms with Crippen LogP contribution in [0.25, 0.3) is 0 Å². The summed E-state index contributed by atoms with van der Waals surface area (Å²) in [5, 5.41) is 2.89. The minimum atomic E-state index is -3.08. The molecule has 0 unspecified atom stereocenters. The summed E-state index contributed by atoms with van der Waals surface area (Å²) in [6, 6.07) is 12.8. The number of aromatic nitrogens is 1. The first-order valence-electron chi connectivity index (χ1n) is 10.3. The highest BCUT2D eigenvalue weighted by molar-refractivity contribution is 7.91. The number of pyridine rings is 1. The van der Waals surface area contributed by atoms with Crippen LogP contribution in [0, 0.1) is 5.92 Å². The quantitative estimate of drug-likeness (QED) is 0.692. The zero-order chi connectivity index (χ0) is 21.8. The molecule has 164 valence electrons. The number of nitrogens with zero attached hydrogens (tertiary/aromatic N) is 2. The van der Waals surface area contributed by atoms with Crippen LogP contribution in [-0.4, -0.2) is 54.2 Å². The van der Waals surface area contributed by atoms with Gasteiger partial charge in [0.2, 0.25) is 11.8 Å². The average molecular weight is 444 g/mol. The number of rotatable bonds is 7. The second kappa shape index (κ2) is 9.05. The number of carbonyl (C=O) groups excluding carboxylic acids is 2. The number of hydrogen-bond donors (Lipinski definition) is 1. The number of hydrogen-bond acceptors (Lipinski definition) is 6. The number of likely N-dealkylation sites (tertiary alicyclic amines) is 1. The van der Waals surface area contributed by atoms with Gasteiger partial charge in [-0.2, -0.15) is 0 Å². The molecule has 9 heteroatoms. The van der Waals surface area contributed by atoms with E-state index in [9.17, 15) is 18.0 Å². The Kier molecular flexibility index (Phi) is 6.22. The summed E-state index contributed by atoms with van der Waals surface area (Å²) in [6.45, 7) is 0.952. The predicted octanol–water partition coefficient (Wildman–Crippen LogP) is 1.31. The van der Waals surface area contributed by atoms with Gasteiger partial charge >= 0.3 is 0 Å². The summed E-state index contributed by atoms with van der Waals surface area (Å²) in [6.07, 6.45) is 2.29.